The lowest BCUT2D eigenvalue weighted by atomic mass is 9.84. The number of aryl methyl sites for hydroxylation is 2. The van der Waals surface area contributed by atoms with E-state index in [4.69, 9.17) is 4.74 Å². The second-order valence-electron chi connectivity index (χ2n) is 9.06. The van der Waals surface area contributed by atoms with Gasteiger partial charge in [0.25, 0.3) is 0 Å². The summed E-state index contributed by atoms with van der Waals surface area (Å²) in [6, 6.07) is 7.39. The summed E-state index contributed by atoms with van der Waals surface area (Å²) in [5, 5.41) is 16.2. The van der Waals surface area contributed by atoms with Gasteiger partial charge in [0.15, 0.2) is 5.82 Å². The number of hydrogen-bond acceptors (Lipinski definition) is 7. The summed E-state index contributed by atoms with van der Waals surface area (Å²) in [6.45, 7) is 9.61. The van der Waals surface area contributed by atoms with Gasteiger partial charge in [-0.3, -0.25) is 5.32 Å². The van der Waals surface area contributed by atoms with E-state index in [2.05, 4.69) is 58.9 Å². The number of methoxy groups -OCH3 is 1. The number of nitrogens with zero attached hydrogens (tertiary/aromatic N) is 5. The summed E-state index contributed by atoms with van der Waals surface area (Å²) in [6.07, 6.45) is 4.64. The van der Waals surface area contributed by atoms with E-state index >= 15 is 0 Å². The molecule has 0 fully saturated rings. The Bertz CT molecular complexity index is 1070. The number of nitrogens with one attached hydrogen (secondary N) is 1. The first kappa shape index (κ1) is 25.1. The maximum atomic E-state index is 13.5. The maximum absolute atomic E-state index is 13.5. The van der Waals surface area contributed by atoms with E-state index in [-0.39, 0.29) is 11.5 Å². The Morgan fingerprint density at radius 2 is 2.03 bits per heavy atom. The second-order valence-corrected chi connectivity index (χ2v) is 10.0. The smallest absolute Gasteiger partial charge is 0.213 e. The molecule has 3 aromatic rings. The zero-order valence-corrected chi connectivity index (χ0v) is 21.0. The molecule has 1 unspecified atom stereocenters. The number of benzene rings is 1. The molecule has 0 aliphatic rings. The van der Waals surface area contributed by atoms with Gasteiger partial charge in [-0.15, -0.1) is 5.10 Å². The van der Waals surface area contributed by atoms with Crippen molar-refractivity contribution in [2.75, 3.05) is 19.1 Å². The number of hydrogen-bond donors (Lipinski definition) is 1. The molecule has 2 aromatic heterocycles. The largest absolute Gasteiger partial charge is 0.496 e. The lowest BCUT2D eigenvalue weighted by Gasteiger charge is -2.25. The third-order valence-corrected chi connectivity index (χ3v) is 6.28. The van der Waals surface area contributed by atoms with Crippen molar-refractivity contribution in [3.05, 3.63) is 64.5 Å². The lowest BCUT2D eigenvalue weighted by molar-refractivity contribution is 0.396. The highest BCUT2D eigenvalue weighted by Crippen LogP contribution is 2.34. The van der Waals surface area contributed by atoms with Gasteiger partial charge in [-0.05, 0) is 81.6 Å². The summed E-state index contributed by atoms with van der Waals surface area (Å²) < 4.78 is 21.0. The normalized spacial score (nSPS) is 12.7. The molecule has 1 atom stereocenters. The van der Waals surface area contributed by atoms with Crippen molar-refractivity contribution in [3.8, 4) is 5.75 Å². The third-order valence-electron chi connectivity index (χ3n) is 5.58. The number of ether oxygens (including phenoxy) is 1. The summed E-state index contributed by atoms with van der Waals surface area (Å²) in [7, 11) is 1.69. The van der Waals surface area contributed by atoms with Gasteiger partial charge in [-0.2, -0.15) is 16.2 Å². The highest BCUT2D eigenvalue weighted by Gasteiger charge is 2.25. The van der Waals surface area contributed by atoms with Crippen LogP contribution in [0.25, 0.3) is 0 Å². The molecule has 9 heteroatoms. The molecule has 7 nitrogen and oxygen atoms in total. The average Bonchev–Trinajstić information content (AvgIpc) is 3.23. The average molecular weight is 473 g/mol. The number of tetrazole rings is 1. The van der Waals surface area contributed by atoms with Crippen LogP contribution in [0, 0.1) is 12.9 Å². The molecular weight excluding hydrogens is 439 g/mol. The molecule has 33 heavy (non-hydrogen) atoms. The van der Waals surface area contributed by atoms with Crippen LogP contribution in [0.3, 0.4) is 0 Å². The van der Waals surface area contributed by atoms with Crippen LogP contribution in [0.5, 0.6) is 5.75 Å². The molecule has 0 bridgehead atoms. The minimum Gasteiger partial charge on any atom is -0.496 e. The predicted octanol–water partition coefficient (Wildman–Crippen LogP) is 4.45. The van der Waals surface area contributed by atoms with Crippen LogP contribution >= 0.6 is 11.8 Å². The molecular formula is C24H33FN6OS. The first-order valence-electron chi connectivity index (χ1n) is 11.0. The van der Waals surface area contributed by atoms with E-state index < -0.39 is 5.95 Å². The van der Waals surface area contributed by atoms with Gasteiger partial charge in [-0.25, -0.2) is 9.67 Å². The van der Waals surface area contributed by atoms with Gasteiger partial charge >= 0.3 is 0 Å². The molecule has 3 rings (SSSR count). The fourth-order valence-electron chi connectivity index (χ4n) is 3.73. The molecule has 178 valence electrons. The van der Waals surface area contributed by atoms with Crippen LogP contribution in [0.1, 0.15) is 61.3 Å². The van der Waals surface area contributed by atoms with Crippen LogP contribution in [-0.2, 0) is 18.5 Å². The molecule has 2 heterocycles. The Balaban J connectivity index is 2.00. The van der Waals surface area contributed by atoms with Crippen molar-refractivity contribution in [2.45, 2.75) is 58.7 Å². The maximum Gasteiger partial charge on any atom is 0.213 e. The topological polar surface area (TPSA) is 77.8 Å². The minimum atomic E-state index is -0.476. The van der Waals surface area contributed by atoms with Gasteiger partial charge in [0.1, 0.15) is 5.75 Å². The Hall–Kier alpha value is -2.52. The summed E-state index contributed by atoms with van der Waals surface area (Å²) in [5.41, 5.74) is 3.81. The van der Waals surface area contributed by atoms with E-state index in [9.17, 15) is 4.39 Å². The fraction of sp³-hybridized carbons (Fsp3) is 0.500. The molecule has 1 N–H and O–H groups in total. The third kappa shape index (κ3) is 6.29. The first-order chi connectivity index (χ1) is 15.7. The molecule has 1 aromatic carbocycles. The van der Waals surface area contributed by atoms with Gasteiger partial charge in [0, 0.05) is 19.3 Å². The Labute approximate surface area is 199 Å². The van der Waals surface area contributed by atoms with Crippen LogP contribution in [0.4, 0.5) is 4.39 Å². The van der Waals surface area contributed by atoms with E-state index in [1.54, 1.807) is 25.1 Å². The van der Waals surface area contributed by atoms with E-state index in [0.717, 1.165) is 52.5 Å². The summed E-state index contributed by atoms with van der Waals surface area (Å²) >= 11 is 1.80. The van der Waals surface area contributed by atoms with Crippen LogP contribution < -0.4 is 10.1 Å². The van der Waals surface area contributed by atoms with Gasteiger partial charge < -0.3 is 4.74 Å². The molecule has 0 amide bonds. The molecule has 0 spiro atoms. The molecule has 0 radical (unpaired) electrons. The van der Waals surface area contributed by atoms with E-state index in [1.807, 2.05) is 23.7 Å². The number of pyridine rings is 1. The van der Waals surface area contributed by atoms with Crippen molar-refractivity contribution in [2.24, 2.45) is 0 Å². The van der Waals surface area contributed by atoms with Crippen LogP contribution in [-0.4, -0.2) is 44.3 Å². The molecule has 0 saturated carbocycles. The zero-order chi connectivity index (χ0) is 24.0. The number of thioether (sulfide) groups is 1. The minimum absolute atomic E-state index is 0.104. The molecule has 0 aliphatic carbocycles. The van der Waals surface area contributed by atoms with E-state index in [1.165, 1.54) is 6.07 Å². The zero-order valence-electron chi connectivity index (χ0n) is 20.2. The standard InChI is InChI=1S/C24H33FN6OS/c1-16-12-21(25)26-14-18(16)15-27-22(23-28-29-30-31(23)10-7-11-33-6)17-8-9-20(32-5)19(13-17)24(2,3)4/h8-9,12-14,22,27H,7,10-11,15H2,1-6H3. The lowest BCUT2D eigenvalue weighted by Crippen LogP contribution is -2.27. The second kappa shape index (κ2) is 11.1. The quantitative estimate of drug-likeness (QED) is 0.345. The number of aromatic nitrogens is 5. The Kier molecular flexibility index (Phi) is 8.42. The summed E-state index contributed by atoms with van der Waals surface area (Å²) in [5.74, 6) is 2.15. The molecule has 0 saturated heterocycles. The van der Waals surface area contributed by atoms with Crippen molar-refractivity contribution in [1.82, 2.24) is 30.5 Å². The van der Waals surface area contributed by atoms with Crippen molar-refractivity contribution < 1.29 is 9.13 Å². The fourth-order valence-corrected chi connectivity index (χ4v) is 4.15. The van der Waals surface area contributed by atoms with Gasteiger partial charge in [-0.1, -0.05) is 26.8 Å². The number of rotatable bonds is 10. The van der Waals surface area contributed by atoms with Crippen molar-refractivity contribution in [1.29, 1.82) is 0 Å². The predicted molar refractivity (Wildman–Crippen MR) is 130 cm³/mol. The first-order valence-corrected chi connectivity index (χ1v) is 12.4. The highest BCUT2D eigenvalue weighted by molar-refractivity contribution is 7.98. The SMILES string of the molecule is COc1ccc(C(NCc2cnc(F)cc2C)c2nnnn2CCCSC)cc1C(C)(C)C. The highest BCUT2D eigenvalue weighted by atomic mass is 32.2. The molecule has 0 aliphatic heterocycles. The summed E-state index contributed by atoms with van der Waals surface area (Å²) in [4.78, 5) is 3.82. The van der Waals surface area contributed by atoms with Gasteiger partial charge in [0.05, 0.1) is 13.2 Å². The Morgan fingerprint density at radius 3 is 2.70 bits per heavy atom. The Morgan fingerprint density at radius 1 is 1.24 bits per heavy atom. The van der Waals surface area contributed by atoms with Gasteiger partial charge in [0.2, 0.25) is 5.95 Å². The van der Waals surface area contributed by atoms with Crippen molar-refractivity contribution in [3.63, 3.8) is 0 Å². The van der Waals surface area contributed by atoms with Crippen LogP contribution in [0.2, 0.25) is 0 Å². The monoisotopic (exact) mass is 472 g/mol. The van der Waals surface area contributed by atoms with E-state index in [0.29, 0.717) is 6.54 Å². The van der Waals surface area contributed by atoms with Crippen LogP contribution in [0.15, 0.2) is 30.5 Å². The number of halogens is 1. The van der Waals surface area contributed by atoms with Crippen molar-refractivity contribution >= 4 is 11.8 Å².